The molecule has 0 amide bonds. The number of hydrogen-bond acceptors (Lipinski definition) is 9. The van der Waals surface area contributed by atoms with Crippen LogP contribution in [0, 0.1) is 11.8 Å². The van der Waals surface area contributed by atoms with Gasteiger partial charge in [-0.05, 0) is 80.8 Å². The van der Waals surface area contributed by atoms with Gasteiger partial charge in [0, 0.05) is 31.1 Å². The van der Waals surface area contributed by atoms with Crippen LogP contribution in [-0.4, -0.2) is 57.7 Å². The smallest absolute Gasteiger partial charge is 0.263 e. The minimum atomic E-state index is 0.145. The normalized spacial score (nSPS) is 29.0. The van der Waals surface area contributed by atoms with Gasteiger partial charge in [-0.1, -0.05) is 32.1 Å². The molecular weight excluding hydrogens is 522 g/mol. The Morgan fingerprint density at radius 1 is 0.875 bits per heavy atom. The topological polar surface area (TPSA) is 85.5 Å². The maximum Gasteiger partial charge on any atom is 0.263 e. The van der Waals surface area contributed by atoms with E-state index < -0.39 is 0 Å². The Morgan fingerprint density at radius 3 is 2.45 bits per heavy atom. The first kappa shape index (κ1) is 26.7. The van der Waals surface area contributed by atoms with Crippen molar-refractivity contribution in [2.24, 2.45) is 11.8 Å². The number of morpholine rings is 1. The maximum atomic E-state index is 6.46. The zero-order valence-corrected chi connectivity index (χ0v) is 24.4. The molecule has 4 fully saturated rings. The summed E-state index contributed by atoms with van der Waals surface area (Å²) < 4.78 is 22.6. The van der Waals surface area contributed by atoms with Crippen LogP contribution in [0.3, 0.4) is 0 Å². The second-order valence-electron chi connectivity index (χ2n) is 12.4. The molecule has 4 heterocycles. The van der Waals surface area contributed by atoms with E-state index in [1.165, 1.54) is 75.0 Å². The Morgan fingerprint density at radius 2 is 1.65 bits per heavy atom. The molecule has 0 unspecified atom stereocenters. The highest BCUT2D eigenvalue weighted by atomic mass is 32.1. The maximum absolute atomic E-state index is 6.46. The van der Waals surface area contributed by atoms with Gasteiger partial charge in [0.1, 0.15) is 16.6 Å². The van der Waals surface area contributed by atoms with Crippen molar-refractivity contribution in [2.75, 3.05) is 31.6 Å². The Hall–Kier alpha value is -2.23. The third kappa shape index (κ3) is 6.02. The molecule has 3 aliphatic carbocycles. The summed E-state index contributed by atoms with van der Waals surface area (Å²) in [5, 5.41) is 4.42. The minimum Gasteiger partial charge on any atom is -0.472 e. The van der Waals surface area contributed by atoms with E-state index in [1.807, 2.05) is 6.07 Å². The van der Waals surface area contributed by atoms with Crippen molar-refractivity contribution in [3.8, 4) is 5.88 Å². The number of fused-ring (bicyclic) bond motifs is 1. The number of nitrogens with zero attached hydrogens (tertiary/aromatic N) is 4. The van der Waals surface area contributed by atoms with Crippen LogP contribution in [0.2, 0.25) is 0 Å². The summed E-state index contributed by atoms with van der Waals surface area (Å²) in [4.78, 5) is 12.1. The van der Waals surface area contributed by atoms with Crippen molar-refractivity contribution in [3.63, 3.8) is 0 Å². The van der Waals surface area contributed by atoms with Crippen molar-refractivity contribution in [1.29, 1.82) is 0 Å². The lowest BCUT2D eigenvalue weighted by Gasteiger charge is -2.38. The van der Waals surface area contributed by atoms with Gasteiger partial charge < -0.3 is 19.2 Å². The highest BCUT2D eigenvalue weighted by Crippen LogP contribution is 2.43. The average molecular weight is 566 g/mol. The quantitative estimate of drug-likeness (QED) is 0.319. The fourth-order valence-corrected chi connectivity index (χ4v) is 8.46. The fraction of sp³-hybridized carbons (Fsp3) is 0.710. The molecule has 0 atom stereocenters. The summed E-state index contributed by atoms with van der Waals surface area (Å²) in [5.74, 6) is 3.58. The predicted molar refractivity (Wildman–Crippen MR) is 158 cm³/mol. The van der Waals surface area contributed by atoms with Crippen LogP contribution >= 0.6 is 11.5 Å². The van der Waals surface area contributed by atoms with Crippen LogP contribution in [0.4, 0.5) is 10.9 Å². The van der Waals surface area contributed by atoms with Crippen LogP contribution in [0.25, 0.3) is 11.1 Å². The third-order valence-electron chi connectivity index (χ3n) is 10.0. The molecule has 3 aromatic heterocycles. The number of aromatic nitrogens is 3. The standard InChI is InChI=1S/C31H43N5O3S/c1-2-4-21(5-3-1)22-6-8-23(9-7-22)27-20-28(40-35-27)33-31-32-26-14-17-38-29(26)30(34-31)39-25-12-10-24(11-13-25)36-15-18-37-19-16-36/h14,17,20-25H,1-13,15-16,18-19H2,(H,32,33,34). The Kier molecular flexibility index (Phi) is 8.22. The zero-order chi connectivity index (χ0) is 26.7. The predicted octanol–water partition coefficient (Wildman–Crippen LogP) is 7.30. The van der Waals surface area contributed by atoms with Crippen molar-refractivity contribution in [1.82, 2.24) is 19.2 Å². The summed E-state index contributed by atoms with van der Waals surface area (Å²) in [7, 11) is 0. The molecule has 9 heteroatoms. The number of nitrogens with one attached hydrogen (secondary N) is 1. The van der Waals surface area contributed by atoms with Gasteiger partial charge in [0.15, 0.2) is 0 Å². The van der Waals surface area contributed by atoms with Gasteiger partial charge in [-0.15, -0.1) is 0 Å². The summed E-state index contributed by atoms with van der Waals surface area (Å²) >= 11 is 1.51. The highest BCUT2D eigenvalue weighted by Gasteiger charge is 2.31. The van der Waals surface area contributed by atoms with E-state index >= 15 is 0 Å². The SMILES string of the molecule is c1cc2nc(Nc3cc(C4CCC(C5CCCCC5)CC4)ns3)nc(OC3CCC(N4CCOCC4)CC3)c2o1. The molecule has 3 aromatic rings. The molecule has 1 N–H and O–H groups in total. The largest absolute Gasteiger partial charge is 0.472 e. The van der Waals surface area contributed by atoms with E-state index in [0.717, 1.165) is 74.3 Å². The van der Waals surface area contributed by atoms with Gasteiger partial charge in [0.2, 0.25) is 11.5 Å². The highest BCUT2D eigenvalue weighted by molar-refractivity contribution is 7.10. The molecule has 4 aliphatic rings. The molecule has 8 nitrogen and oxygen atoms in total. The van der Waals surface area contributed by atoms with Crippen LogP contribution in [-0.2, 0) is 4.74 Å². The Balaban J connectivity index is 0.970. The van der Waals surface area contributed by atoms with Crippen molar-refractivity contribution in [2.45, 2.75) is 102 Å². The number of anilines is 2. The van der Waals surface area contributed by atoms with Gasteiger partial charge >= 0.3 is 0 Å². The molecule has 40 heavy (non-hydrogen) atoms. The van der Waals surface area contributed by atoms with Gasteiger partial charge in [0.05, 0.1) is 25.2 Å². The summed E-state index contributed by atoms with van der Waals surface area (Å²) in [6.45, 7) is 3.80. The first-order valence-corrected chi connectivity index (χ1v) is 16.5. The first-order chi connectivity index (χ1) is 19.8. The van der Waals surface area contributed by atoms with Crippen molar-refractivity contribution in [3.05, 3.63) is 24.1 Å². The lowest BCUT2D eigenvalue weighted by molar-refractivity contribution is -0.00133. The third-order valence-corrected chi connectivity index (χ3v) is 10.7. The van der Waals surface area contributed by atoms with Crippen LogP contribution in [0.1, 0.15) is 95.1 Å². The lowest BCUT2D eigenvalue weighted by atomic mass is 9.70. The molecule has 3 saturated carbocycles. The molecule has 216 valence electrons. The van der Waals surface area contributed by atoms with Gasteiger partial charge in [0.25, 0.3) is 5.88 Å². The van der Waals surface area contributed by atoms with Gasteiger partial charge in [-0.2, -0.15) is 9.36 Å². The van der Waals surface area contributed by atoms with E-state index in [-0.39, 0.29) is 6.10 Å². The molecule has 0 radical (unpaired) electrons. The number of ether oxygens (including phenoxy) is 2. The Bertz CT molecular complexity index is 1230. The lowest BCUT2D eigenvalue weighted by Crippen LogP contribution is -2.46. The molecule has 0 bridgehead atoms. The monoisotopic (exact) mass is 565 g/mol. The summed E-state index contributed by atoms with van der Waals surface area (Å²) in [5.41, 5.74) is 2.62. The van der Waals surface area contributed by atoms with Gasteiger partial charge in [-0.3, -0.25) is 4.90 Å². The van der Waals surface area contributed by atoms with E-state index in [1.54, 1.807) is 6.26 Å². The van der Waals surface area contributed by atoms with E-state index in [4.69, 9.17) is 28.2 Å². The molecular formula is C31H43N5O3S. The fourth-order valence-electron chi connectivity index (χ4n) is 7.74. The van der Waals surface area contributed by atoms with Crippen LogP contribution < -0.4 is 10.1 Å². The molecule has 1 aliphatic heterocycles. The van der Waals surface area contributed by atoms with Crippen molar-refractivity contribution >= 4 is 33.6 Å². The van der Waals surface area contributed by atoms with Crippen LogP contribution in [0.5, 0.6) is 5.88 Å². The number of rotatable bonds is 7. The van der Waals surface area contributed by atoms with E-state index in [2.05, 4.69) is 16.3 Å². The second-order valence-corrected chi connectivity index (χ2v) is 13.2. The number of hydrogen-bond donors (Lipinski definition) is 1. The van der Waals surface area contributed by atoms with E-state index in [9.17, 15) is 0 Å². The molecule has 0 spiro atoms. The summed E-state index contributed by atoms with van der Waals surface area (Å²) in [6, 6.07) is 4.73. The Labute approximate surface area is 241 Å². The number of furan rings is 1. The zero-order valence-electron chi connectivity index (χ0n) is 23.6. The van der Waals surface area contributed by atoms with Crippen LogP contribution in [0.15, 0.2) is 22.8 Å². The molecule has 0 aromatic carbocycles. The minimum absolute atomic E-state index is 0.145. The first-order valence-electron chi connectivity index (χ1n) is 15.8. The van der Waals surface area contributed by atoms with Crippen molar-refractivity contribution < 1.29 is 13.9 Å². The van der Waals surface area contributed by atoms with E-state index in [0.29, 0.717) is 29.4 Å². The summed E-state index contributed by atoms with van der Waals surface area (Å²) in [6.07, 6.45) is 18.7. The molecule has 1 saturated heterocycles. The molecule has 7 rings (SSSR count). The second kappa shape index (κ2) is 12.3. The average Bonchev–Trinajstić information content (AvgIpc) is 3.69. The van der Waals surface area contributed by atoms with Gasteiger partial charge in [-0.25, -0.2) is 4.98 Å².